The smallest absolute Gasteiger partial charge is 0.306 e. The molecule has 0 heterocycles. The van der Waals surface area contributed by atoms with Crippen LogP contribution in [0.1, 0.15) is 284 Å². The van der Waals surface area contributed by atoms with Gasteiger partial charge in [-0.3, -0.25) is 14.4 Å². The molecule has 0 spiro atoms. The van der Waals surface area contributed by atoms with E-state index >= 15 is 0 Å². The highest BCUT2D eigenvalue weighted by Crippen LogP contribution is 2.15. The van der Waals surface area contributed by atoms with Crippen LogP contribution < -0.4 is 0 Å². The Morgan fingerprint density at radius 3 is 0.833 bits per heavy atom. The van der Waals surface area contributed by atoms with Crippen LogP contribution in [0, 0.1) is 0 Å². The van der Waals surface area contributed by atoms with Gasteiger partial charge < -0.3 is 14.2 Å². The van der Waals surface area contributed by atoms with E-state index in [1.54, 1.807) is 0 Å². The number of esters is 3. The molecule has 0 rings (SSSR count). The molecule has 0 saturated carbocycles. The molecule has 0 aliphatic heterocycles. The summed E-state index contributed by atoms with van der Waals surface area (Å²) in [7, 11) is 0. The maximum atomic E-state index is 12.8. The summed E-state index contributed by atoms with van der Waals surface area (Å²) in [5.41, 5.74) is 0. The van der Waals surface area contributed by atoms with Crippen molar-refractivity contribution in [3.63, 3.8) is 0 Å². The monoisotopic (exact) mass is 845 g/mol. The average Bonchev–Trinajstić information content (AvgIpc) is 3.24. The van der Waals surface area contributed by atoms with Crippen molar-refractivity contribution in [1.82, 2.24) is 0 Å². The molecule has 352 valence electrons. The van der Waals surface area contributed by atoms with E-state index in [1.807, 2.05) is 0 Å². The zero-order valence-electron chi connectivity index (χ0n) is 40.2. The third-order valence-electron chi connectivity index (χ3n) is 11.7. The van der Waals surface area contributed by atoms with Crippen molar-refractivity contribution in [3.05, 3.63) is 24.3 Å². The van der Waals surface area contributed by atoms with Crippen molar-refractivity contribution >= 4 is 17.9 Å². The number of rotatable bonds is 48. The molecular formula is C54H100O6. The summed E-state index contributed by atoms with van der Waals surface area (Å²) in [5, 5.41) is 0. The second kappa shape index (κ2) is 49.5. The first kappa shape index (κ1) is 57.9. The minimum absolute atomic E-state index is 0.0734. The number of carbonyl (C=O) groups is 3. The van der Waals surface area contributed by atoms with Gasteiger partial charge in [-0.1, -0.05) is 218 Å². The topological polar surface area (TPSA) is 78.9 Å². The fourth-order valence-electron chi connectivity index (χ4n) is 7.67. The molecule has 60 heavy (non-hydrogen) atoms. The molecule has 0 aliphatic carbocycles. The largest absolute Gasteiger partial charge is 0.462 e. The van der Waals surface area contributed by atoms with Gasteiger partial charge in [0, 0.05) is 19.3 Å². The summed E-state index contributed by atoms with van der Waals surface area (Å²) in [6.07, 6.45) is 55.8. The number of allylic oxidation sites excluding steroid dienone is 4. The highest BCUT2D eigenvalue weighted by atomic mass is 16.6. The predicted octanol–water partition coefficient (Wildman–Crippen LogP) is 17.2. The Morgan fingerprint density at radius 1 is 0.317 bits per heavy atom. The van der Waals surface area contributed by atoms with Crippen molar-refractivity contribution in [2.45, 2.75) is 290 Å². The molecule has 0 amide bonds. The number of ether oxygens (including phenoxy) is 3. The maximum Gasteiger partial charge on any atom is 0.306 e. The molecule has 0 aromatic heterocycles. The van der Waals surface area contributed by atoms with E-state index in [0.29, 0.717) is 19.3 Å². The van der Waals surface area contributed by atoms with E-state index in [2.05, 4.69) is 45.1 Å². The highest BCUT2D eigenvalue weighted by Gasteiger charge is 2.19. The van der Waals surface area contributed by atoms with Crippen LogP contribution in [0.3, 0.4) is 0 Å². The Balaban J connectivity index is 4.37. The van der Waals surface area contributed by atoms with E-state index in [4.69, 9.17) is 14.2 Å². The quantitative estimate of drug-likeness (QED) is 0.0263. The predicted molar refractivity (Wildman–Crippen MR) is 256 cm³/mol. The van der Waals surface area contributed by atoms with Crippen LogP contribution in [0.25, 0.3) is 0 Å². The van der Waals surface area contributed by atoms with Crippen molar-refractivity contribution in [2.75, 3.05) is 13.2 Å². The lowest BCUT2D eigenvalue weighted by molar-refractivity contribution is -0.167. The van der Waals surface area contributed by atoms with E-state index in [9.17, 15) is 14.4 Å². The molecule has 0 unspecified atom stereocenters. The Kier molecular flexibility index (Phi) is 47.8. The summed E-state index contributed by atoms with van der Waals surface area (Å²) in [5.74, 6) is -0.878. The van der Waals surface area contributed by atoms with Gasteiger partial charge in [-0.05, 0) is 70.6 Å². The Bertz CT molecular complexity index is 973. The Morgan fingerprint density at radius 2 is 0.550 bits per heavy atom. The SMILES string of the molecule is CCCCCCC/C=C\CCCCCCCC(=O)OC[C@@H](COC(=O)CCCCCCCCCCCCCCCC)OC(=O)CCCCCCC/C=C\CCCCCCC. The second-order valence-electron chi connectivity index (χ2n) is 17.8. The normalized spacial score (nSPS) is 12.1. The fraction of sp³-hybridized carbons (Fsp3) is 0.870. The van der Waals surface area contributed by atoms with Crippen molar-refractivity contribution < 1.29 is 28.6 Å². The van der Waals surface area contributed by atoms with Crippen LogP contribution in [-0.2, 0) is 28.6 Å². The molecule has 0 fully saturated rings. The van der Waals surface area contributed by atoms with Crippen LogP contribution in [0.15, 0.2) is 24.3 Å². The molecule has 0 saturated heterocycles. The first-order chi connectivity index (χ1) is 29.5. The number of carbonyl (C=O) groups excluding carboxylic acids is 3. The molecule has 0 N–H and O–H groups in total. The van der Waals surface area contributed by atoms with Crippen LogP contribution in [-0.4, -0.2) is 37.2 Å². The first-order valence-electron chi connectivity index (χ1n) is 26.3. The second-order valence-corrected chi connectivity index (χ2v) is 17.8. The molecule has 1 atom stereocenters. The number of hydrogen-bond donors (Lipinski definition) is 0. The van der Waals surface area contributed by atoms with Crippen molar-refractivity contribution in [2.24, 2.45) is 0 Å². The van der Waals surface area contributed by atoms with Crippen molar-refractivity contribution in [1.29, 1.82) is 0 Å². The fourth-order valence-corrected chi connectivity index (χ4v) is 7.67. The standard InChI is InChI=1S/C54H100O6/c1-4-7-10-13-16-19-22-25-28-31-34-37-40-43-46-52(55)58-49-51(60-54(57)48-45-42-39-36-33-30-27-24-21-18-15-12-9-6-3)50-59-53(56)47-44-41-38-35-32-29-26-23-20-17-14-11-8-5-2/h22,24-25,27,51H,4-21,23,26,28-50H2,1-3H3/b25-22-,27-24-/t51-/m0/s1. The van der Waals surface area contributed by atoms with Gasteiger partial charge in [0.15, 0.2) is 6.10 Å². The minimum atomic E-state index is -0.774. The summed E-state index contributed by atoms with van der Waals surface area (Å²) in [4.78, 5) is 38.0. The van der Waals surface area contributed by atoms with Gasteiger partial charge in [0.05, 0.1) is 0 Å². The molecule has 6 heteroatoms. The maximum absolute atomic E-state index is 12.8. The first-order valence-corrected chi connectivity index (χ1v) is 26.3. The average molecular weight is 845 g/mol. The van der Waals surface area contributed by atoms with Gasteiger partial charge in [0.1, 0.15) is 13.2 Å². The molecule has 0 radical (unpaired) electrons. The van der Waals surface area contributed by atoms with E-state index in [0.717, 1.165) is 70.6 Å². The lowest BCUT2D eigenvalue weighted by Crippen LogP contribution is -2.30. The molecule has 0 aromatic rings. The zero-order chi connectivity index (χ0) is 43.7. The van der Waals surface area contributed by atoms with Gasteiger partial charge in [0.25, 0.3) is 0 Å². The van der Waals surface area contributed by atoms with E-state index in [1.165, 1.54) is 173 Å². The molecule has 6 nitrogen and oxygen atoms in total. The Hall–Kier alpha value is -2.11. The van der Waals surface area contributed by atoms with E-state index < -0.39 is 6.10 Å². The van der Waals surface area contributed by atoms with Crippen LogP contribution in [0.4, 0.5) is 0 Å². The minimum Gasteiger partial charge on any atom is -0.462 e. The van der Waals surface area contributed by atoms with Gasteiger partial charge in [-0.15, -0.1) is 0 Å². The lowest BCUT2D eigenvalue weighted by atomic mass is 10.0. The zero-order valence-corrected chi connectivity index (χ0v) is 40.2. The summed E-state index contributed by atoms with van der Waals surface area (Å²) in [6, 6.07) is 0. The van der Waals surface area contributed by atoms with Crippen LogP contribution in [0.2, 0.25) is 0 Å². The Labute approximate surface area is 373 Å². The summed E-state index contributed by atoms with van der Waals surface area (Å²) < 4.78 is 16.8. The molecular weight excluding hydrogens is 745 g/mol. The number of hydrogen-bond acceptors (Lipinski definition) is 6. The lowest BCUT2D eigenvalue weighted by Gasteiger charge is -2.18. The van der Waals surface area contributed by atoms with Gasteiger partial charge >= 0.3 is 17.9 Å². The summed E-state index contributed by atoms with van der Waals surface area (Å²) in [6.45, 7) is 6.63. The van der Waals surface area contributed by atoms with Gasteiger partial charge in [0.2, 0.25) is 0 Å². The van der Waals surface area contributed by atoms with Crippen LogP contribution in [0.5, 0.6) is 0 Å². The van der Waals surface area contributed by atoms with Crippen molar-refractivity contribution in [3.8, 4) is 0 Å². The molecule has 0 aliphatic rings. The third kappa shape index (κ3) is 46.9. The third-order valence-corrected chi connectivity index (χ3v) is 11.7. The number of unbranched alkanes of at least 4 members (excludes halogenated alkanes) is 33. The van der Waals surface area contributed by atoms with E-state index in [-0.39, 0.29) is 31.1 Å². The van der Waals surface area contributed by atoms with Gasteiger partial charge in [-0.25, -0.2) is 0 Å². The highest BCUT2D eigenvalue weighted by molar-refractivity contribution is 5.71. The summed E-state index contributed by atoms with van der Waals surface area (Å²) >= 11 is 0. The molecule has 0 aromatic carbocycles. The molecule has 0 bridgehead atoms. The van der Waals surface area contributed by atoms with Gasteiger partial charge in [-0.2, -0.15) is 0 Å². The van der Waals surface area contributed by atoms with Crippen LogP contribution >= 0.6 is 0 Å².